The third-order valence-electron chi connectivity index (χ3n) is 3.14. The predicted molar refractivity (Wildman–Crippen MR) is 121 cm³/mol. The maximum absolute atomic E-state index is 12.6. The van der Waals surface area contributed by atoms with Gasteiger partial charge in [0.2, 0.25) is 0 Å². The van der Waals surface area contributed by atoms with Crippen molar-refractivity contribution < 1.29 is 31.4 Å². The highest BCUT2D eigenvalue weighted by molar-refractivity contribution is 5.46. The van der Waals surface area contributed by atoms with Crippen molar-refractivity contribution in [3.8, 4) is 5.75 Å². The summed E-state index contributed by atoms with van der Waals surface area (Å²) in [6.45, 7) is 13.9. The first kappa shape index (κ1) is 30.8. The number of allylic oxidation sites excluding steroid dienone is 2. The van der Waals surface area contributed by atoms with Crippen molar-refractivity contribution in [3.05, 3.63) is 108 Å². The molecule has 0 saturated carbocycles. The lowest BCUT2D eigenvalue weighted by molar-refractivity contribution is 0.166. The maximum atomic E-state index is 12.6. The molecule has 2 rings (SSSR count). The lowest BCUT2D eigenvalue weighted by Gasteiger charge is -2.02. The van der Waals surface area contributed by atoms with Crippen LogP contribution in [-0.2, 0) is 4.74 Å². The third-order valence-corrected chi connectivity index (χ3v) is 3.14. The van der Waals surface area contributed by atoms with Gasteiger partial charge in [-0.05, 0) is 45.4 Å². The van der Waals surface area contributed by atoms with Gasteiger partial charge in [-0.2, -0.15) is 17.6 Å². The van der Waals surface area contributed by atoms with E-state index >= 15 is 0 Å². The number of ether oxygens (including phenoxy) is 2. The van der Waals surface area contributed by atoms with Crippen LogP contribution in [0.3, 0.4) is 0 Å². The molecule has 0 aliphatic heterocycles. The van der Waals surface area contributed by atoms with Gasteiger partial charge < -0.3 is 9.47 Å². The van der Waals surface area contributed by atoms with E-state index in [-0.39, 0.29) is 0 Å². The first-order chi connectivity index (χ1) is 15.0. The molecule has 0 aliphatic rings. The number of benzene rings is 2. The lowest BCUT2D eigenvalue weighted by atomic mass is 10.2. The molecule has 0 radical (unpaired) electrons. The van der Waals surface area contributed by atoms with Crippen LogP contribution >= 0.6 is 0 Å². The van der Waals surface area contributed by atoms with Gasteiger partial charge in [-0.25, -0.2) is 4.39 Å². The smallest absolute Gasteiger partial charge is 0.342 e. The molecular formula is C25H29F5O2. The van der Waals surface area contributed by atoms with Crippen molar-refractivity contribution in [1.82, 2.24) is 0 Å². The zero-order chi connectivity index (χ0) is 25.1. The first-order valence-electron chi connectivity index (χ1n) is 9.29. The second-order valence-electron chi connectivity index (χ2n) is 5.98. The number of rotatable bonds is 4. The van der Waals surface area contributed by atoms with E-state index in [0.717, 1.165) is 19.6 Å². The van der Waals surface area contributed by atoms with Crippen LogP contribution in [0.25, 0.3) is 6.08 Å². The summed E-state index contributed by atoms with van der Waals surface area (Å²) >= 11 is 0. The van der Waals surface area contributed by atoms with Crippen molar-refractivity contribution in [1.29, 1.82) is 0 Å². The Morgan fingerprint density at radius 3 is 1.47 bits per heavy atom. The van der Waals surface area contributed by atoms with Gasteiger partial charge in [0.05, 0.1) is 7.11 Å². The van der Waals surface area contributed by atoms with Crippen LogP contribution in [0.5, 0.6) is 5.75 Å². The Morgan fingerprint density at radius 1 is 0.781 bits per heavy atom. The zero-order valence-corrected chi connectivity index (χ0v) is 18.9. The minimum Gasteiger partial charge on any atom is -0.470 e. The molecule has 2 aromatic carbocycles. The number of hydrogen-bond donors (Lipinski definition) is 0. The quantitative estimate of drug-likeness (QED) is 0.260. The van der Waals surface area contributed by atoms with Gasteiger partial charge in [-0.1, -0.05) is 66.3 Å². The number of aryl methyl sites for hydroxylation is 2. The van der Waals surface area contributed by atoms with Crippen molar-refractivity contribution in [2.75, 3.05) is 7.11 Å². The summed E-state index contributed by atoms with van der Waals surface area (Å²) in [7, 11) is 0.828. The molecule has 2 nitrogen and oxygen atoms in total. The Bertz CT molecular complexity index is 847. The lowest BCUT2D eigenvalue weighted by Crippen LogP contribution is -1.90. The normalized spacial score (nSPS) is 9.69. The summed E-state index contributed by atoms with van der Waals surface area (Å²) in [5.41, 5.74) is 3.51. The average molecular weight is 456 g/mol. The van der Waals surface area contributed by atoms with Gasteiger partial charge >= 0.3 is 18.1 Å². The van der Waals surface area contributed by atoms with Crippen molar-refractivity contribution in [2.45, 2.75) is 27.7 Å². The Kier molecular flexibility index (Phi) is 17.8. The maximum Gasteiger partial charge on any atom is 0.342 e. The van der Waals surface area contributed by atoms with Gasteiger partial charge in [-0.3, -0.25) is 0 Å². The molecule has 0 atom stereocenters. The molecule has 0 aliphatic carbocycles. The van der Waals surface area contributed by atoms with E-state index in [1.807, 2.05) is 19.9 Å². The largest absolute Gasteiger partial charge is 0.470 e. The fourth-order valence-corrected chi connectivity index (χ4v) is 1.56. The Morgan fingerprint density at radius 2 is 1.19 bits per heavy atom. The summed E-state index contributed by atoms with van der Waals surface area (Å²) in [5.74, 6) is -0.666. The fraction of sp³-hybridized carbons (Fsp3) is 0.200. The zero-order valence-electron chi connectivity index (χ0n) is 18.9. The number of hydrogen-bond acceptors (Lipinski definition) is 2. The summed E-state index contributed by atoms with van der Waals surface area (Å²) in [5, 5.41) is 0. The van der Waals surface area contributed by atoms with E-state index in [0.29, 0.717) is 5.75 Å². The van der Waals surface area contributed by atoms with Crippen LogP contribution in [0.4, 0.5) is 22.0 Å². The molecule has 32 heavy (non-hydrogen) atoms. The molecule has 176 valence electrons. The minimum atomic E-state index is -2.43. The fourth-order valence-electron chi connectivity index (χ4n) is 1.56. The van der Waals surface area contributed by atoms with Gasteiger partial charge in [0.15, 0.2) is 5.83 Å². The van der Waals surface area contributed by atoms with Crippen LogP contribution < -0.4 is 4.74 Å². The van der Waals surface area contributed by atoms with Crippen LogP contribution in [0.15, 0.2) is 91.7 Å². The van der Waals surface area contributed by atoms with Crippen molar-refractivity contribution in [2.24, 2.45) is 0 Å². The van der Waals surface area contributed by atoms with E-state index in [4.69, 9.17) is 0 Å². The molecule has 0 saturated heterocycles. The van der Waals surface area contributed by atoms with Gasteiger partial charge in [-0.15, -0.1) is 6.58 Å². The molecule has 0 bridgehead atoms. The molecule has 0 amide bonds. The number of methoxy groups -OCH3 is 1. The molecule has 7 heteroatoms. The van der Waals surface area contributed by atoms with E-state index < -0.39 is 23.9 Å². The standard InChI is InChI=1S/C10H10F2O.C9H10.C3H3F3O.C3H6/c1-7-3-5-9(6-4-7)13-10(12)8(2)11;1-3-9-6-4-8(2)5-7-9;1-7-3(6)2(4)5;1-3-2/h3-6H,1-2H3;3-7H,1H2,2H3;1H3;3H,1H2,2H3/b10-8+;;;. The predicted octanol–water partition coefficient (Wildman–Crippen LogP) is 9.00. The first-order valence-corrected chi connectivity index (χ1v) is 9.29. The highest BCUT2D eigenvalue weighted by atomic mass is 19.3. The Balaban J connectivity index is 0. The van der Waals surface area contributed by atoms with Gasteiger partial charge in [0.25, 0.3) is 0 Å². The third kappa shape index (κ3) is 16.4. The van der Waals surface area contributed by atoms with Gasteiger partial charge in [0, 0.05) is 0 Å². The summed E-state index contributed by atoms with van der Waals surface area (Å²) < 4.78 is 65.7. The Labute approximate surface area is 187 Å². The van der Waals surface area contributed by atoms with Crippen molar-refractivity contribution in [3.63, 3.8) is 0 Å². The average Bonchev–Trinajstić information content (AvgIpc) is 2.76. The molecule has 0 unspecified atom stereocenters. The highest BCUT2D eigenvalue weighted by Crippen LogP contribution is 2.17. The van der Waals surface area contributed by atoms with E-state index in [9.17, 15) is 22.0 Å². The minimum absolute atomic E-state index is 0.292. The van der Waals surface area contributed by atoms with Crippen LogP contribution in [-0.4, -0.2) is 7.11 Å². The van der Waals surface area contributed by atoms with E-state index in [1.54, 1.807) is 30.3 Å². The monoisotopic (exact) mass is 456 g/mol. The molecule has 0 fully saturated rings. The summed E-state index contributed by atoms with van der Waals surface area (Å²) in [4.78, 5) is 0. The van der Waals surface area contributed by atoms with E-state index in [2.05, 4.69) is 53.8 Å². The number of halogens is 5. The molecule has 0 N–H and O–H groups in total. The van der Waals surface area contributed by atoms with E-state index in [1.165, 1.54) is 11.1 Å². The summed E-state index contributed by atoms with van der Waals surface area (Å²) in [6, 6.07) is 11.9. The molecule has 0 aromatic heterocycles. The molecule has 0 spiro atoms. The SMILES string of the molecule is C/C(F)=C(/F)Oc1ccc(C)cc1.C=CC.C=Cc1ccc(C)cc1.COC(F)=C(F)F. The second kappa shape index (κ2) is 18.4. The van der Waals surface area contributed by atoms with Crippen LogP contribution in [0.2, 0.25) is 0 Å². The molecular weight excluding hydrogens is 427 g/mol. The molecule has 2 aromatic rings. The van der Waals surface area contributed by atoms with Crippen LogP contribution in [0.1, 0.15) is 30.5 Å². The van der Waals surface area contributed by atoms with Crippen molar-refractivity contribution >= 4 is 6.08 Å². The molecule has 0 heterocycles. The topological polar surface area (TPSA) is 18.5 Å². The summed E-state index contributed by atoms with van der Waals surface area (Å²) in [6.07, 6.45) is 1.17. The Hall–Kier alpha value is -3.35. The van der Waals surface area contributed by atoms with Crippen LogP contribution in [0, 0.1) is 13.8 Å². The highest BCUT2D eigenvalue weighted by Gasteiger charge is 2.03. The second-order valence-corrected chi connectivity index (χ2v) is 5.98. The van der Waals surface area contributed by atoms with Gasteiger partial charge in [0.1, 0.15) is 5.75 Å².